The highest BCUT2D eigenvalue weighted by Gasteiger charge is 2.29. The fourth-order valence-corrected chi connectivity index (χ4v) is 4.97. The van der Waals surface area contributed by atoms with Gasteiger partial charge in [0, 0.05) is 37.8 Å². The Labute approximate surface area is 201 Å². The summed E-state index contributed by atoms with van der Waals surface area (Å²) in [5, 5.41) is 13.5. The number of anilines is 1. The van der Waals surface area contributed by atoms with Crippen molar-refractivity contribution in [3.63, 3.8) is 0 Å². The number of hydrogen-bond acceptors (Lipinski definition) is 7. The molecular formula is C23H29FN6O3S. The number of carbonyl (C=O) groups excluding carboxylic acids is 3. The molecule has 0 spiro atoms. The van der Waals surface area contributed by atoms with Crippen molar-refractivity contribution in [3.8, 4) is 0 Å². The van der Waals surface area contributed by atoms with Crippen molar-refractivity contribution in [1.82, 2.24) is 25.3 Å². The Hall–Kier alpha value is -2.92. The summed E-state index contributed by atoms with van der Waals surface area (Å²) in [6.45, 7) is 4.68. The summed E-state index contributed by atoms with van der Waals surface area (Å²) >= 11 is 0.913. The minimum absolute atomic E-state index is 0.0515. The van der Waals surface area contributed by atoms with Crippen LogP contribution in [0.5, 0.6) is 0 Å². The second kappa shape index (κ2) is 11.5. The Morgan fingerprint density at radius 3 is 2.35 bits per heavy atom. The van der Waals surface area contributed by atoms with Crippen molar-refractivity contribution in [3.05, 3.63) is 40.1 Å². The van der Waals surface area contributed by atoms with E-state index in [0.29, 0.717) is 38.2 Å². The van der Waals surface area contributed by atoms with Crippen LogP contribution in [-0.2, 0) is 4.79 Å². The van der Waals surface area contributed by atoms with E-state index in [2.05, 4.69) is 25.7 Å². The van der Waals surface area contributed by atoms with Crippen LogP contribution < -0.4 is 10.6 Å². The zero-order valence-electron chi connectivity index (χ0n) is 19.0. The first kappa shape index (κ1) is 24.2. The highest BCUT2D eigenvalue weighted by molar-refractivity contribution is 7.15. The van der Waals surface area contributed by atoms with Crippen LogP contribution in [0.15, 0.2) is 24.3 Å². The minimum atomic E-state index is -0.511. The predicted octanol–water partition coefficient (Wildman–Crippen LogP) is 2.38. The molecule has 0 atom stereocenters. The van der Waals surface area contributed by atoms with E-state index in [1.165, 1.54) is 43.5 Å². The van der Waals surface area contributed by atoms with Crippen LogP contribution in [0.2, 0.25) is 0 Å². The van der Waals surface area contributed by atoms with Crippen molar-refractivity contribution in [2.75, 3.05) is 44.6 Å². The van der Waals surface area contributed by atoms with E-state index < -0.39 is 11.7 Å². The molecule has 2 fully saturated rings. The number of hydrogen-bond donors (Lipinski definition) is 2. The third-order valence-corrected chi connectivity index (χ3v) is 7.14. The van der Waals surface area contributed by atoms with Crippen LogP contribution in [0.25, 0.3) is 0 Å². The summed E-state index contributed by atoms with van der Waals surface area (Å²) in [6.07, 6.45) is 4.95. The first-order valence-corrected chi connectivity index (χ1v) is 12.5. The number of halogens is 1. The van der Waals surface area contributed by atoms with Gasteiger partial charge in [-0.15, -0.1) is 10.2 Å². The van der Waals surface area contributed by atoms with Crippen LogP contribution in [0.3, 0.4) is 0 Å². The zero-order valence-corrected chi connectivity index (χ0v) is 19.8. The van der Waals surface area contributed by atoms with Gasteiger partial charge in [0.05, 0.1) is 0 Å². The van der Waals surface area contributed by atoms with Crippen LogP contribution in [-0.4, -0.2) is 77.0 Å². The molecule has 2 aliphatic rings. The van der Waals surface area contributed by atoms with E-state index in [1.807, 2.05) is 0 Å². The molecule has 3 heterocycles. The molecule has 2 aliphatic heterocycles. The molecule has 9 nitrogen and oxygen atoms in total. The van der Waals surface area contributed by atoms with Gasteiger partial charge in [-0.3, -0.25) is 14.4 Å². The number of amides is 3. The lowest BCUT2D eigenvalue weighted by Gasteiger charge is -2.31. The molecular weight excluding hydrogens is 459 g/mol. The second-order valence-corrected chi connectivity index (χ2v) is 9.61. The third kappa shape index (κ3) is 6.35. The van der Waals surface area contributed by atoms with Crippen LogP contribution in [0.1, 0.15) is 51.7 Å². The molecule has 2 aromatic rings. The molecule has 34 heavy (non-hydrogen) atoms. The van der Waals surface area contributed by atoms with E-state index in [4.69, 9.17) is 0 Å². The highest BCUT2D eigenvalue weighted by Crippen LogP contribution is 2.21. The van der Waals surface area contributed by atoms with Crippen molar-refractivity contribution in [1.29, 1.82) is 0 Å². The fraction of sp³-hybridized carbons (Fsp3) is 0.522. The van der Waals surface area contributed by atoms with Crippen LogP contribution in [0.4, 0.5) is 10.1 Å². The third-order valence-electron chi connectivity index (χ3n) is 6.23. The lowest BCUT2D eigenvalue weighted by Crippen LogP contribution is -2.44. The SMILES string of the molecule is O=C(Nc1ccc(F)cc1)c1nnc(C(=O)N2CCC(C(=O)NCCN3CCCCC3)CC2)s1. The summed E-state index contributed by atoms with van der Waals surface area (Å²) in [5.41, 5.74) is 0.422. The number of carbonyl (C=O) groups is 3. The Morgan fingerprint density at radius 2 is 1.65 bits per heavy atom. The molecule has 182 valence electrons. The summed E-state index contributed by atoms with van der Waals surface area (Å²) in [5.74, 6) is -1.25. The number of rotatable bonds is 7. The van der Waals surface area contributed by atoms with Gasteiger partial charge in [-0.25, -0.2) is 4.39 Å². The summed E-state index contributed by atoms with van der Waals surface area (Å²) in [6, 6.07) is 5.36. The molecule has 0 aliphatic carbocycles. The first-order valence-electron chi connectivity index (χ1n) is 11.7. The van der Waals surface area contributed by atoms with Gasteiger partial charge in [-0.2, -0.15) is 0 Å². The predicted molar refractivity (Wildman–Crippen MR) is 126 cm³/mol. The molecule has 3 amide bonds. The maximum Gasteiger partial charge on any atom is 0.286 e. The van der Waals surface area contributed by atoms with E-state index >= 15 is 0 Å². The number of nitrogens with zero attached hydrogens (tertiary/aromatic N) is 4. The lowest BCUT2D eigenvalue weighted by atomic mass is 9.96. The molecule has 1 aromatic heterocycles. The molecule has 2 saturated heterocycles. The van der Waals surface area contributed by atoms with Gasteiger partial charge in [0.15, 0.2) is 0 Å². The quantitative estimate of drug-likeness (QED) is 0.620. The van der Waals surface area contributed by atoms with E-state index in [0.717, 1.165) is 31.0 Å². The smallest absolute Gasteiger partial charge is 0.286 e. The molecule has 1 aromatic carbocycles. The molecule has 0 unspecified atom stereocenters. The van der Waals surface area contributed by atoms with Gasteiger partial charge in [-0.1, -0.05) is 17.8 Å². The van der Waals surface area contributed by atoms with Crippen LogP contribution >= 0.6 is 11.3 Å². The minimum Gasteiger partial charge on any atom is -0.355 e. The van der Waals surface area contributed by atoms with E-state index in [1.54, 1.807) is 4.90 Å². The first-order chi connectivity index (χ1) is 16.5. The monoisotopic (exact) mass is 488 g/mol. The Bertz CT molecular complexity index is 1000. The normalized spacial score (nSPS) is 17.4. The standard InChI is InChI=1S/C23H29FN6O3S/c24-17-4-6-18(7-5-17)26-20(32)21-27-28-22(34-21)23(33)30-13-8-16(9-14-30)19(31)25-10-15-29-11-2-1-3-12-29/h4-7,16H,1-3,8-15H2,(H,25,31)(H,26,32). The van der Waals surface area contributed by atoms with Gasteiger partial charge in [0.1, 0.15) is 5.82 Å². The average molecular weight is 489 g/mol. The average Bonchev–Trinajstić information content (AvgIpc) is 3.36. The summed E-state index contributed by atoms with van der Waals surface area (Å²) in [7, 11) is 0. The molecule has 2 N–H and O–H groups in total. The number of aromatic nitrogens is 2. The maximum absolute atomic E-state index is 13.0. The Balaban J connectivity index is 1.21. The van der Waals surface area contributed by atoms with E-state index in [9.17, 15) is 18.8 Å². The molecule has 11 heteroatoms. The van der Waals surface area contributed by atoms with Crippen LogP contribution in [0, 0.1) is 11.7 Å². The number of likely N-dealkylation sites (tertiary alicyclic amines) is 2. The topological polar surface area (TPSA) is 108 Å². The largest absolute Gasteiger partial charge is 0.355 e. The number of nitrogens with one attached hydrogen (secondary N) is 2. The number of benzene rings is 1. The summed E-state index contributed by atoms with van der Waals surface area (Å²) < 4.78 is 13.0. The van der Waals surface area contributed by atoms with Gasteiger partial charge in [0.25, 0.3) is 11.8 Å². The summed E-state index contributed by atoms with van der Waals surface area (Å²) in [4.78, 5) is 41.7. The van der Waals surface area contributed by atoms with Crippen molar-refractivity contribution in [2.45, 2.75) is 32.1 Å². The highest BCUT2D eigenvalue weighted by atomic mass is 32.1. The van der Waals surface area contributed by atoms with Crippen molar-refractivity contribution < 1.29 is 18.8 Å². The zero-order chi connectivity index (χ0) is 23.9. The van der Waals surface area contributed by atoms with Gasteiger partial charge in [-0.05, 0) is 63.0 Å². The van der Waals surface area contributed by atoms with Gasteiger partial charge in [0.2, 0.25) is 15.9 Å². The second-order valence-electron chi connectivity index (χ2n) is 8.63. The Kier molecular flexibility index (Phi) is 8.17. The fourth-order valence-electron chi connectivity index (χ4n) is 4.26. The van der Waals surface area contributed by atoms with Crippen molar-refractivity contribution >= 4 is 34.7 Å². The number of piperidine rings is 2. The lowest BCUT2D eigenvalue weighted by molar-refractivity contribution is -0.126. The molecule has 4 rings (SSSR count). The van der Waals surface area contributed by atoms with Crippen molar-refractivity contribution in [2.24, 2.45) is 5.92 Å². The molecule has 0 bridgehead atoms. The van der Waals surface area contributed by atoms with E-state index in [-0.39, 0.29) is 27.7 Å². The van der Waals surface area contributed by atoms with Gasteiger partial charge >= 0.3 is 0 Å². The maximum atomic E-state index is 13.0. The van der Waals surface area contributed by atoms with Gasteiger partial charge < -0.3 is 20.4 Å². The Morgan fingerprint density at radius 1 is 0.971 bits per heavy atom. The molecule has 0 radical (unpaired) electrons. The molecule has 0 saturated carbocycles.